The Kier molecular flexibility index (Phi) is 6.38. The molecule has 2 heterocycles. The molecule has 1 N–H and O–H groups in total. The van der Waals surface area contributed by atoms with Crippen molar-refractivity contribution in [1.82, 2.24) is 9.13 Å². The molecule has 0 atom stereocenters. The number of hydrogen-bond donors (Lipinski definition) is 1. The first-order valence-electron chi connectivity index (χ1n) is 9.44. The number of carboxylic acids is 1. The van der Waals surface area contributed by atoms with Crippen LogP contribution in [0.15, 0.2) is 36.4 Å². The first-order chi connectivity index (χ1) is 15.7. The number of carbonyl (C=O) groups is 4. The normalized spacial score (nSPS) is 10.6. The van der Waals surface area contributed by atoms with Gasteiger partial charge < -0.3 is 19.0 Å². The van der Waals surface area contributed by atoms with Gasteiger partial charge in [-0.25, -0.2) is 18.4 Å². The molecule has 0 aliphatic rings. The van der Waals surface area contributed by atoms with Gasteiger partial charge in [-0.15, -0.1) is 0 Å². The molecule has 0 bridgehead atoms. The number of hydrogen-bond acceptors (Lipinski definition) is 5. The summed E-state index contributed by atoms with van der Waals surface area (Å²) in [7, 11) is 4.38. The van der Waals surface area contributed by atoms with Crippen LogP contribution in [0.2, 0.25) is 0 Å². The van der Waals surface area contributed by atoms with Crippen molar-refractivity contribution in [3.63, 3.8) is 0 Å². The molecule has 0 radical (unpaired) electrons. The second-order valence-electron chi connectivity index (χ2n) is 7.00. The second kappa shape index (κ2) is 9.03. The van der Waals surface area contributed by atoms with E-state index >= 15 is 0 Å². The zero-order valence-corrected chi connectivity index (χ0v) is 17.8. The van der Waals surface area contributed by atoms with Crippen LogP contribution in [-0.4, -0.2) is 45.9 Å². The van der Waals surface area contributed by atoms with Gasteiger partial charge in [-0.2, -0.15) is 0 Å². The molecule has 0 unspecified atom stereocenters. The number of carboxylic acid groups (broad SMARTS) is 1. The molecule has 4 aromatic rings. The quantitative estimate of drug-likeness (QED) is 0.370. The molecule has 10 heteroatoms. The van der Waals surface area contributed by atoms with Crippen molar-refractivity contribution in [1.29, 1.82) is 0 Å². The van der Waals surface area contributed by atoms with E-state index in [-0.39, 0.29) is 22.5 Å². The highest BCUT2D eigenvalue weighted by molar-refractivity contribution is 6.09. The van der Waals surface area contributed by atoms with Crippen molar-refractivity contribution in [3.8, 4) is 0 Å². The number of benzene rings is 2. The van der Waals surface area contributed by atoms with Gasteiger partial charge >= 0.3 is 11.9 Å². The van der Waals surface area contributed by atoms with Crippen LogP contribution in [0.5, 0.6) is 0 Å². The number of fused-ring (bicyclic) bond motifs is 2. The van der Waals surface area contributed by atoms with Crippen molar-refractivity contribution in [3.05, 3.63) is 70.5 Å². The minimum absolute atomic E-state index is 0.00417. The number of carbonyl (C=O) groups excluding carboxylic acids is 3. The van der Waals surface area contributed by atoms with E-state index < -0.39 is 23.6 Å². The minimum atomic E-state index is -1.21. The van der Waals surface area contributed by atoms with Gasteiger partial charge in [-0.05, 0) is 36.4 Å². The molecular weight excluding hydrogens is 438 g/mol. The van der Waals surface area contributed by atoms with Crippen LogP contribution in [0.3, 0.4) is 0 Å². The zero-order valence-electron chi connectivity index (χ0n) is 17.8. The Morgan fingerprint density at radius 1 is 0.848 bits per heavy atom. The molecule has 33 heavy (non-hydrogen) atoms. The zero-order chi connectivity index (χ0) is 24.4. The SMILES string of the molecule is COC(=O)c1c(C=O)c2cc(F)ccc2n1C.Cn1c(C(=O)O)c(C=O)c2cc(F)ccc21. The molecule has 4 rings (SSSR count). The van der Waals surface area contributed by atoms with Crippen LogP contribution in [0.25, 0.3) is 21.8 Å². The first kappa shape index (κ1) is 23.3. The Labute approximate surface area is 185 Å². The fourth-order valence-electron chi connectivity index (χ4n) is 3.73. The molecule has 0 spiro atoms. The van der Waals surface area contributed by atoms with Gasteiger partial charge in [0.05, 0.1) is 18.2 Å². The van der Waals surface area contributed by atoms with E-state index in [0.717, 1.165) is 6.07 Å². The number of ether oxygens (including phenoxy) is 1. The third kappa shape index (κ3) is 3.98. The maximum Gasteiger partial charge on any atom is 0.355 e. The van der Waals surface area contributed by atoms with Crippen molar-refractivity contribution in [2.24, 2.45) is 14.1 Å². The number of methoxy groups -OCH3 is 1. The lowest BCUT2D eigenvalue weighted by atomic mass is 10.1. The van der Waals surface area contributed by atoms with Crippen molar-refractivity contribution < 1.29 is 37.8 Å². The fraction of sp³-hybridized carbons (Fsp3) is 0.130. The number of aryl methyl sites for hydroxylation is 2. The molecule has 2 aromatic carbocycles. The van der Waals surface area contributed by atoms with Crippen LogP contribution < -0.4 is 0 Å². The van der Waals surface area contributed by atoms with Crippen LogP contribution in [0.1, 0.15) is 41.7 Å². The summed E-state index contributed by atoms with van der Waals surface area (Å²) < 4.78 is 33.6. The third-order valence-corrected chi connectivity index (χ3v) is 5.22. The van der Waals surface area contributed by atoms with Crippen molar-refractivity contribution in [2.75, 3.05) is 7.11 Å². The topological polar surface area (TPSA) is 108 Å². The highest BCUT2D eigenvalue weighted by Crippen LogP contribution is 2.26. The summed E-state index contributed by atoms with van der Waals surface area (Å²) in [4.78, 5) is 44.5. The average Bonchev–Trinajstić information content (AvgIpc) is 3.23. The Morgan fingerprint density at radius 3 is 1.67 bits per heavy atom. The molecule has 0 aliphatic heterocycles. The van der Waals surface area contributed by atoms with Gasteiger partial charge in [0.25, 0.3) is 0 Å². The maximum absolute atomic E-state index is 13.1. The maximum atomic E-state index is 13.1. The molecule has 0 saturated carbocycles. The molecule has 2 aromatic heterocycles. The summed E-state index contributed by atoms with van der Waals surface area (Å²) in [5, 5.41) is 9.69. The number of aromatic carboxylic acids is 1. The highest BCUT2D eigenvalue weighted by Gasteiger charge is 2.22. The van der Waals surface area contributed by atoms with Gasteiger partial charge in [0, 0.05) is 35.9 Å². The molecule has 8 nitrogen and oxygen atoms in total. The van der Waals surface area contributed by atoms with Gasteiger partial charge in [0.15, 0.2) is 12.6 Å². The summed E-state index contributed by atoms with van der Waals surface area (Å²) in [5.41, 5.74) is 1.27. The van der Waals surface area contributed by atoms with E-state index in [2.05, 4.69) is 4.74 Å². The fourth-order valence-corrected chi connectivity index (χ4v) is 3.73. The molecule has 0 saturated heterocycles. The summed E-state index contributed by atoms with van der Waals surface area (Å²) in [6.07, 6.45) is 0.971. The van der Waals surface area contributed by atoms with Crippen molar-refractivity contribution in [2.45, 2.75) is 0 Å². The van der Waals surface area contributed by atoms with Gasteiger partial charge in [-0.3, -0.25) is 9.59 Å². The summed E-state index contributed by atoms with van der Waals surface area (Å²) in [5.74, 6) is -2.78. The van der Waals surface area contributed by atoms with E-state index in [1.54, 1.807) is 7.05 Å². The average molecular weight is 456 g/mol. The lowest BCUT2D eigenvalue weighted by Crippen LogP contribution is -2.09. The highest BCUT2D eigenvalue weighted by atomic mass is 19.1. The number of rotatable bonds is 4. The Balaban J connectivity index is 0.000000186. The first-order valence-corrected chi connectivity index (χ1v) is 9.44. The largest absolute Gasteiger partial charge is 0.477 e. The molecule has 0 aliphatic carbocycles. The van der Waals surface area contributed by atoms with Crippen LogP contribution in [0, 0.1) is 11.6 Å². The summed E-state index contributed by atoms with van der Waals surface area (Å²) >= 11 is 0. The van der Waals surface area contributed by atoms with Crippen LogP contribution >= 0.6 is 0 Å². The summed E-state index contributed by atoms with van der Waals surface area (Å²) in [6.45, 7) is 0. The monoisotopic (exact) mass is 456 g/mol. The van der Waals surface area contributed by atoms with Gasteiger partial charge in [0.1, 0.15) is 23.0 Å². The minimum Gasteiger partial charge on any atom is -0.477 e. The Hall–Kier alpha value is -4.34. The van der Waals surface area contributed by atoms with E-state index in [1.165, 1.54) is 53.6 Å². The smallest absolute Gasteiger partial charge is 0.355 e. The predicted molar refractivity (Wildman–Crippen MR) is 115 cm³/mol. The van der Waals surface area contributed by atoms with E-state index in [4.69, 9.17) is 5.11 Å². The number of aromatic nitrogens is 2. The number of halogens is 2. The number of aldehydes is 2. The van der Waals surface area contributed by atoms with E-state index in [9.17, 15) is 28.0 Å². The Bertz CT molecular complexity index is 1430. The number of nitrogens with zero attached hydrogens (tertiary/aromatic N) is 2. The standard InChI is InChI=1S/C12H10FNO3.C11H8FNO3/c1-14-10-4-3-7(13)5-8(10)9(6-15)11(14)12(16)17-2;1-13-9-3-2-6(12)4-7(9)8(5-14)10(13)11(15)16/h3-6H,1-2H3;2-5H,1H3,(H,15,16). The van der Waals surface area contributed by atoms with Gasteiger partial charge in [0.2, 0.25) is 0 Å². The lowest BCUT2D eigenvalue weighted by Gasteiger charge is -2.02. The van der Waals surface area contributed by atoms with Crippen molar-refractivity contribution >= 4 is 46.3 Å². The third-order valence-electron chi connectivity index (χ3n) is 5.22. The molecular formula is C23H18F2N2O6. The van der Waals surface area contributed by atoms with E-state index in [1.807, 2.05) is 0 Å². The second-order valence-corrected chi connectivity index (χ2v) is 7.00. The number of esters is 1. The molecule has 0 fully saturated rings. The Morgan fingerprint density at radius 2 is 1.27 bits per heavy atom. The van der Waals surface area contributed by atoms with Gasteiger partial charge in [-0.1, -0.05) is 0 Å². The predicted octanol–water partition coefficient (Wildman–Crippen LogP) is 3.74. The molecule has 0 amide bonds. The lowest BCUT2D eigenvalue weighted by molar-refractivity contribution is 0.0587. The van der Waals surface area contributed by atoms with E-state index in [0.29, 0.717) is 34.4 Å². The molecule has 170 valence electrons. The van der Waals surface area contributed by atoms with Crippen LogP contribution in [-0.2, 0) is 18.8 Å². The summed E-state index contributed by atoms with van der Waals surface area (Å²) in [6, 6.07) is 7.85. The van der Waals surface area contributed by atoms with Crippen LogP contribution in [0.4, 0.5) is 8.78 Å².